The van der Waals surface area contributed by atoms with Crippen molar-refractivity contribution in [2.24, 2.45) is 0 Å². The fraction of sp³-hybridized carbons (Fsp3) is 0.625. The minimum absolute atomic E-state index is 0.0675. The van der Waals surface area contributed by atoms with E-state index in [-0.39, 0.29) is 19.3 Å². The number of nitrogens with one attached hydrogen (secondary N) is 1. The summed E-state index contributed by atoms with van der Waals surface area (Å²) in [6.45, 7) is 0.553. The van der Waals surface area contributed by atoms with E-state index >= 15 is 0 Å². The van der Waals surface area contributed by atoms with E-state index in [9.17, 15) is 8.42 Å². The lowest BCUT2D eigenvalue weighted by molar-refractivity contribution is 0.140. The van der Waals surface area contributed by atoms with Gasteiger partial charge in [0.2, 0.25) is 10.0 Å². The first kappa shape index (κ1) is 20.1. The maximum Gasteiger partial charge on any atom is 0.219 e. The summed E-state index contributed by atoms with van der Waals surface area (Å²) in [7, 11) is 3.37. The Hall–Kier alpha value is -0.990. The first-order valence-electron chi connectivity index (χ1n) is 7.57. The molecule has 1 aromatic rings. The minimum Gasteiger partial charge on any atom is -0.383 e. The molecule has 1 rings (SSSR count). The quantitative estimate of drug-likeness (QED) is 0.641. The molecule has 0 aliphatic heterocycles. The van der Waals surface area contributed by atoms with Crippen molar-refractivity contribution >= 4 is 10.0 Å². The Morgan fingerprint density at radius 2 is 1.65 bits per heavy atom. The number of nitrogens with zero attached hydrogens (tertiary/aromatic N) is 1. The fourth-order valence-corrected chi connectivity index (χ4v) is 3.54. The van der Waals surface area contributed by atoms with E-state index in [1.165, 1.54) is 19.8 Å². The zero-order valence-electron chi connectivity index (χ0n) is 14.4. The Balaban J connectivity index is 2.69. The molecule has 7 heteroatoms. The van der Waals surface area contributed by atoms with Crippen LogP contribution in [0.25, 0.3) is 0 Å². The number of rotatable bonds is 11. The molecule has 132 valence electrons. The van der Waals surface area contributed by atoms with Crippen LogP contribution in [0.5, 0.6) is 0 Å². The lowest BCUT2D eigenvalue weighted by Gasteiger charge is -2.26. The van der Waals surface area contributed by atoms with Gasteiger partial charge in [0.15, 0.2) is 0 Å². The predicted molar refractivity (Wildman–Crippen MR) is 92.1 cm³/mol. The third kappa shape index (κ3) is 6.97. The molecule has 0 saturated carbocycles. The van der Waals surface area contributed by atoms with E-state index in [2.05, 4.69) is 4.72 Å². The van der Waals surface area contributed by atoms with Crippen molar-refractivity contribution in [2.75, 3.05) is 48.1 Å². The third-order valence-corrected chi connectivity index (χ3v) is 5.43. The largest absolute Gasteiger partial charge is 0.383 e. The predicted octanol–water partition coefficient (Wildman–Crippen LogP) is 0.740. The molecule has 0 amide bonds. The Kier molecular flexibility index (Phi) is 8.72. The summed E-state index contributed by atoms with van der Waals surface area (Å²) < 4.78 is 37.5. The molecule has 0 heterocycles. The van der Waals surface area contributed by atoms with Crippen LogP contribution in [-0.2, 0) is 25.9 Å². The Morgan fingerprint density at radius 1 is 1.09 bits per heavy atom. The molecule has 0 spiro atoms. The summed E-state index contributed by atoms with van der Waals surface area (Å²) in [5.41, 5.74) is 1.18. The van der Waals surface area contributed by atoms with Crippen LogP contribution >= 0.6 is 0 Å². The molecule has 0 aromatic heterocycles. The van der Waals surface area contributed by atoms with Crippen molar-refractivity contribution in [1.29, 1.82) is 0 Å². The molecule has 23 heavy (non-hydrogen) atoms. The van der Waals surface area contributed by atoms with Gasteiger partial charge in [-0.15, -0.1) is 0 Å². The van der Waals surface area contributed by atoms with Gasteiger partial charge in [0.25, 0.3) is 0 Å². The van der Waals surface area contributed by atoms with Crippen molar-refractivity contribution in [3.63, 3.8) is 0 Å². The zero-order chi connectivity index (χ0) is 17.3. The number of hydrogen-bond acceptors (Lipinski definition) is 5. The summed E-state index contributed by atoms with van der Waals surface area (Å²) >= 11 is 0. The lowest BCUT2D eigenvalue weighted by atomic mass is 10.1. The molecular weight excluding hydrogens is 316 g/mol. The van der Waals surface area contributed by atoms with E-state index in [0.29, 0.717) is 6.54 Å². The normalized spacial score (nSPS) is 13.7. The molecule has 6 nitrogen and oxygen atoms in total. The van der Waals surface area contributed by atoms with Crippen LogP contribution in [0.15, 0.2) is 30.3 Å². The lowest BCUT2D eigenvalue weighted by Crippen LogP contribution is -2.46. The average Bonchev–Trinajstić information content (AvgIpc) is 2.52. The molecule has 1 atom stereocenters. The van der Waals surface area contributed by atoms with Crippen LogP contribution in [0.1, 0.15) is 5.56 Å². The van der Waals surface area contributed by atoms with Crippen LogP contribution in [0, 0.1) is 0 Å². The number of hydrogen-bond donors (Lipinski definition) is 1. The van der Waals surface area contributed by atoms with Crippen LogP contribution in [0.3, 0.4) is 0 Å². The maximum atomic E-state index is 12.4. The van der Waals surface area contributed by atoms with Crippen LogP contribution in [0.4, 0.5) is 0 Å². The molecule has 1 aromatic carbocycles. The Bertz CT molecular complexity index is 528. The van der Waals surface area contributed by atoms with Crippen molar-refractivity contribution in [3.05, 3.63) is 35.9 Å². The van der Waals surface area contributed by atoms with Crippen LogP contribution < -0.4 is 4.72 Å². The highest BCUT2D eigenvalue weighted by Gasteiger charge is 2.26. The molecule has 0 aliphatic carbocycles. The van der Waals surface area contributed by atoms with Crippen molar-refractivity contribution in [1.82, 2.24) is 9.62 Å². The first-order chi connectivity index (χ1) is 10.9. The van der Waals surface area contributed by atoms with E-state index in [1.54, 1.807) is 0 Å². The number of sulfonamides is 1. The second-order valence-electron chi connectivity index (χ2n) is 5.73. The fourth-order valence-electron chi connectivity index (χ4n) is 2.25. The van der Waals surface area contributed by atoms with Gasteiger partial charge in [0.05, 0.1) is 13.2 Å². The molecule has 0 saturated heterocycles. The Morgan fingerprint density at radius 3 is 2.13 bits per heavy atom. The van der Waals surface area contributed by atoms with Crippen molar-refractivity contribution in [3.8, 4) is 0 Å². The number of methoxy groups -OCH3 is 2. The first-order valence-corrected chi connectivity index (χ1v) is 9.12. The van der Waals surface area contributed by atoms with Crippen molar-refractivity contribution in [2.45, 2.75) is 17.7 Å². The van der Waals surface area contributed by atoms with Crippen LogP contribution in [-0.4, -0.2) is 72.7 Å². The summed E-state index contributed by atoms with van der Waals surface area (Å²) in [5, 5.41) is -0.711. The average molecular weight is 344 g/mol. The van der Waals surface area contributed by atoms with Gasteiger partial charge < -0.3 is 14.4 Å². The van der Waals surface area contributed by atoms with Gasteiger partial charge >= 0.3 is 0 Å². The maximum absolute atomic E-state index is 12.4. The highest BCUT2D eigenvalue weighted by molar-refractivity contribution is 7.90. The summed E-state index contributed by atoms with van der Waals surface area (Å²) in [6, 6.07) is 10.1. The minimum atomic E-state index is -3.49. The summed E-state index contributed by atoms with van der Waals surface area (Å²) in [6.07, 6.45) is 0.773. The third-order valence-electron chi connectivity index (χ3n) is 3.71. The van der Waals surface area contributed by atoms with Gasteiger partial charge in [-0.3, -0.25) is 0 Å². The van der Waals surface area contributed by atoms with E-state index in [4.69, 9.17) is 9.47 Å². The van der Waals surface area contributed by atoms with E-state index in [1.807, 2.05) is 49.3 Å². The van der Waals surface area contributed by atoms with E-state index < -0.39 is 15.3 Å². The van der Waals surface area contributed by atoms with Crippen LogP contribution in [0.2, 0.25) is 0 Å². The standard InChI is InChI=1S/C16H28N2O4S/c1-18(2)15(10-14-8-6-5-7-9-14)11-17-23(19,20)16(12-21-3)13-22-4/h5-9,15-17H,10-13H2,1-4H3. The molecule has 1 N–H and O–H groups in total. The Labute approximate surface area is 139 Å². The number of benzene rings is 1. The molecule has 0 aliphatic rings. The highest BCUT2D eigenvalue weighted by atomic mass is 32.2. The van der Waals surface area contributed by atoms with Gasteiger partial charge in [-0.2, -0.15) is 0 Å². The molecule has 1 unspecified atom stereocenters. The van der Waals surface area contributed by atoms with Gasteiger partial charge in [0, 0.05) is 26.8 Å². The summed E-state index contributed by atoms with van der Waals surface area (Å²) in [5.74, 6) is 0. The van der Waals surface area contributed by atoms with Gasteiger partial charge in [-0.05, 0) is 26.1 Å². The zero-order valence-corrected chi connectivity index (χ0v) is 15.2. The van der Waals surface area contributed by atoms with Gasteiger partial charge in [0.1, 0.15) is 5.25 Å². The van der Waals surface area contributed by atoms with E-state index in [0.717, 1.165) is 6.42 Å². The topological polar surface area (TPSA) is 67.9 Å². The molecule has 0 bridgehead atoms. The second-order valence-corrected chi connectivity index (χ2v) is 7.78. The summed E-state index contributed by atoms with van der Waals surface area (Å²) in [4.78, 5) is 2.02. The monoisotopic (exact) mass is 344 g/mol. The number of likely N-dealkylation sites (N-methyl/N-ethyl adjacent to an activating group) is 1. The highest BCUT2D eigenvalue weighted by Crippen LogP contribution is 2.08. The number of ether oxygens (including phenoxy) is 2. The smallest absolute Gasteiger partial charge is 0.219 e. The van der Waals surface area contributed by atoms with Crippen molar-refractivity contribution < 1.29 is 17.9 Å². The van der Waals surface area contributed by atoms with Gasteiger partial charge in [-0.25, -0.2) is 13.1 Å². The molecule has 0 radical (unpaired) electrons. The second kappa shape index (κ2) is 10.00. The van der Waals surface area contributed by atoms with Gasteiger partial charge in [-0.1, -0.05) is 30.3 Å². The molecule has 0 fully saturated rings. The molecular formula is C16H28N2O4S. The SMILES string of the molecule is COCC(COC)S(=O)(=O)NCC(Cc1ccccc1)N(C)C.